The number of carbonyl (C=O) groups is 3. The first-order valence-corrected chi connectivity index (χ1v) is 8.28. The van der Waals surface area contributed by atoms with Gasteiger partial charge in [-0.25, -0.2) is 9.69 Å². The largest absolute Gasteiger partial charge is 0.335 e. The monoisotopic (exact) mass is 380 g/mol. The van der Waals surface area contributed by atoms with E-state index in [1.54, 1.807) is 31.2 Å². The lowest BCUT2D eigenvalue weighted by Crippen LogP contribution is -2.58. The molecule has 0 unspecified atom stereocenters. The first-order chi connectivity index (χ1) is 12.9. The van der Waals surface area contributed by atoms with Crippen molar-refractivity contribution in [1.29, 1.82) is 5.26 Å². The van der Waals surface area contributed by atoms with E-state index in [4.69, 9.17) is 16.9 Å². The summed E-state index contributed by atoms with van der Waals surface area (Å²) < 4.78 is 0. The molecule has 0 aromatic heterocycles. The summed E-state index contributed by atoms with van der Waals surface area (Å²) in [6.45, 7) is 1.75. The summed E-state index contributed by atoms with van der Waals surface area (Å²) >= 11 is 5.91. The molecule has 0 radical (unpaired) electrons. The highest BCUT2D eigenvalue weighted by atomic mass is 35.5. The fourth-order valence-electron chi connectivity index (χ4n) is 2.63. The van der Waals surface area contributed by atoms with E-state index in [9.17, 15) is 14.4 Å². The lowest BCUT2D eigenvalue weighted by atomic mass is 10.0. The first-order valence-electron chi connectivity index (χ1n) is 7.90. The van der Waals surface area contributed by atoms with Crippen molar-refractivity contribution in [3.63, 3.8) is 0 Å². The number of aryl methyl sites for hydroxylation is 1. The third kappa shape index (κ3) is 3.57. The van der Waals surface area contributed by atoms with Crippen LogP contribution in [0.25, 0.3) is 0 Å². The molecule has 1 fully saturated rings. The Morgan fingerprint density at radius 2 is 1.96 bits per heavy atom. The summed E-state index contributed by atoms with van der Waals surface area (Å²) in [7, 11) is 0. The smallest absolute Gasteiger partial charge is 0.276 e. The van der Waals surface area contributed by atoms with Gasteiger partial charge in [-0.3, -0.25) is 19.9 Å². The quantitative estimate of drug-likeness (QED) is 0.652. The molecule has 1 saturated heterocycles. The number of aliphatic imine (C=N–C) groups is 1. The Balaban J connectivity index is 1.96. The number of nitrogens with zero attached hydrogens (tertiary/aromatic N) is 3. The zero-order chi connectivity index (χ0) is 19.6. The Hall–Kier alpha value is -3.50. The maximum Gasteiger partial charge on any atom is 0.335 e. The van der Waals surface area contributed by atoms with E-state index < -0.39 is 23.8 Å². The predicted octanol–water partition coefficient (Wildman–Crippen LogP) is 3.12. The molecular weight excluding hydrogens is 368 g/mol. The lowest BCUT2D eigenvalue weighted by molar-refractivity contribution is -0.131. The topological polar surface area (TPSA) is 103 Å². The molecule has 1 atom stereocenters. The molecule has 134 valence electrons. The maximum atomic E-state index is 12.8. The third-order valence-electron chi connectivity index (χ3n) is 4.00. The molecule has 27 heavy (non-hydrogen) atoms. The summed E-state index contributed by atoms with van der Waals surface area (Å²) in [6.07, 6.45) is 1.11. The van der Waals surface area contributed by atoms with Crippen molar-refractivity contribution < 1.29 is 14.4 Å². The molecule has 4 amide bonds. The van der Waals surface area contributed by atoms with Crippen molar-refractivity contribution in [2.45, 2.75) is 6.92 Å². The molecule has 7 nitrogen and oxygen atoms in total. The minimum atomic E-state index is -1.31. The number of urea groups is 1. The van der Waals surface area contributed by atoms with Crippen LogP contribution < -0.4 is 10.2 Å². The highest BCUT2D eigenvalue weighted by molar-refractivity contribution is 6.33. The van der Waals surface area contributed by atoms with Gasteiger partial charge < -0.3 is 0 Å². The Labute approximate surface area is 159 Å². The summed E-state index contributed by atoms with van der Waals surface area (Å²) in [4.78, 5) is 42.2. The van der Waals surface area contributed by atoms with E-state index >= 15 is 0 Å². The van der Waals surface area contributed by atoms with Crippen LogP contribution in [0.4, 0.5) is 16.2 Å². The van der Waals surface area contributed by atoms with Crippen LogP contribution in [0.5, 0.6) is 0 Å². The fraction of sp³-hybridized carbons (Fsp3) is 0.105. The van der Waals surface area contributed by atoms with Crippen LogP contribution in [0.1, 0.15) is 11.1 Å². The maximum absolute atomic E-state index is 12.8. The first kappa shape index (κ1) is 18.3. The van der Waals surface area contributed by atoms with Gasteiger partial charge in [-0.05, 0) is 36.8 Å². The Kier molecular flexibility index (Phi) is 5.01. The number of amides is 4. The molecule has 0 spiro atoms. The van der Waals surface area contributed by atoms with Gasteiger partial charge in [-0.1, -0.05) is 29.8 Å². The lowest BCUT2D eigenvalue weighted by Gasteiger charge is -2.29. The van der Waals surface area contributed by atoms with Crippen LogP contribution >= 0.6 is 11.6 Å². The molecule has 1 aliphatic heterocycles. The van der Waals surface area contributed by atoms with Gasteiger partial charge in [0.05, 0.1) is 16.9 Å². The second-order valence-corrected chi connectivity index (χ2v) is 6.22. The number of nitriles is 1. The van der Waals surface area contributed by atoms with Crippen molar-refractivity contribution in [3.05, 3.63) is 58.6 Å². The molecule has 8 heteroatoms. The van der Waals surface area contributed by atoms with Gasteiger partial charge in [-0.15, -0.1) is 0 Å². The number of carbonyl (C=O) groups excluding carboxylic acids is 3. The molecule has 1 heterocycles. The second kappa shape index (κ2) is 7.40. The summed E-state index contributed by atoms with van der Waals surface area (Å²) in [6, 6.07) is 12.4. The Morgan fingerprint density at radius 3 is 2.67 bits per heavy atom. The van der Waals surface area contributed by atoms with Crippen molar-refractivity contribution >= 4 is 47.0 Å². The van der Waals surface area contributed by atoms with E-state index in [1.165, 1.54) is 18.2 Å². The number of halogens is 1. The van der Waals surface area contributed by atoms with Gasteiger partial charge in [0.1, 0.15) is 6.07 Å². The molecule has 3 rings (SSSR count). The van der Waals surface area contributed by atoms with E-state index in [2.05, 4.69) is 10.3 Å². The Bertz CT molecular complexity index is 1030. The van der Waals surface area contributed by atoms with E-state index in [1.807, 2.05) is 6.07 Å². The summed E-state index contributed by atoms with van der Waals surface area (Å²) in [5.74, 6) is -2.81. The zero-order valence-corrected chi connectivity index (χ0v) is 14.9. The molecule has 1 N–H and O–H groups in total. The van der Waals surface area contributed by atoms with Gasteiger partial charge in [0.15, 0.2) is 5.92 Å². The van der Waals surface area contributed by atoms with Crippen molar-refractivity contribution in [2.75, 3.05) is 4.90 Å². The highest BCUT2D eigenvalue weighted by Crippen LogP contribution is 2.26. The van der Waals surface area contributed by atoms with Crippen LogP contribution in [0, 0.1) is 24.2 Å². The number of barbiturate groups is 1. The van der Waals surface area contributed by atoms with Gasteiger partial charge in [0.25, 0.3) is 5.91 Å². The van der Waals surface area contributed by atoms with Crippen molar-refractivity contribution in [1.82, 2.24) is 5.32 Å². The predicted molar refractivity (Wildman–Crippen MR) is 100 cm³/mol. The fourth-order valence-corrected chi connectivity index (χ4v) is 2.79. The van der Waals surface area contributed by atoms with Crippen LogP contribution in [0.2, 0.25) is 5.02 Å². The normalized spacial score (nSPS) is 17.1. The van der Waals surface area contributed by atoms with Gasteiger partial charge in [0.2, 0.25) is 5.91 Å². The minimum Gasteiger partial charge on any atom is -0.276 e. The Morgan fingerprint density at radius 1 is 1.22 bits per heavy atom. The number of para-hydroxylation sites is 1. The molecular formula is C19H13ClN4O3. The molecule has 0 saturated carbocycles. The van der Waals surface area contributed by atoms with Crippen LogP contribution in [-0.2, 0) is 9.59 Å². The molecule has 0 bridgehead atoms. The number of imide groups is 2. The molecule has 2 aromatic rings. The zero-order valence-electron chi connectivity index (χ0n) is 14.1. The van der Waals surface area contributed by atoms with Crippen LogP contribution in [0.15, 0.2) is 47.5 Å². The van der Waals surface area contributed by atoms with E-state index in [-0.39, 0.29) is 11.3 Å². The summed E-state index contributed by atoms with van der Waals surface area (Å²) in [5.41, 5.74) is 1.55. The number of anilines is 1. The third-order valence-corrected chi connectivity index (χ3v) is 4.24. The second-order valence-electron chi connectivity index (χ2n) is 5.78. The number of nitrogens with one attached hydrogen (secondary N) is 1. The van der Waals surface area contributed by atoms with Crippen LogP contribution in [-0.4, -0.2) is 24.1 Å². The van der Waals surface area contributed by atoms with Gasteiger partial charge in [0, 0.05) is 11.2 Å². The van der Waals surface area contributed by atoms with E-state index in [0.29, 0.717) is 16.3 Å². The number of hydrogen-bond donors (Lipinski definition) is 1. The molecule has 0 aliphatic carbocycles. The number of rotatable bonds is 3. The SMILES string of the molecule is Cc1ccccc1N1C(=O)NC(=O)[C@H](C=Nc2cc(Cl)ccc2C#N)C1=O. The molecule has 1 aliphatic rings. The van der Waals surface area contributed by atoms with Crippen molar-refractivity contribution in [2.24, 2.45) is 10.9 Å². The van der Waals surface area contributed by atoms with E-state index in [0.717, 1.165) is 11.1 Å². The molecule has 2 aromatic carbocycles. The highest BCUT2D eigenvalue weighted by Gasteiger charge is 2.40. The van der Waals surface area contributed by atoms with Crippen LogP contribution in [0.3, 0.4) is 0 Å². The summed E-state index contributed by atoms with van der Waals surface area (Å²) in [5, 5.41) is 11.7. The van der Waals surface area contributed by atoms with Crippen molar-refractivity contribution in [3.8, 4) is 6.07 Å². The van der Waals surface area contributed by atoms with Gasteiger partial charge in [-0.2, -0.15) is 5.26 Å². The average Bonchev–Trinajstić information content (AvgIpc) is 2.63. The van der Waals surface area contributed by atoms with Gasteiger partial charge >= 0.3 is 6.03 Å². The average molecular weight is 381 g/mol. The number of benzene rings is 2. The number of hydrogen-bond acceptors (Lipinski definition) is 5. The minimum absolute atomic E-state index is 0.227. The standard InChI is InChI=1S/C19H13ClN4O3/c1-11-4-2-3-5-16(11)24-18(26)14(17(25)23-19(24)27)10-22-15-8-13(20)7-6-12(15)9-21/h2-8,10,14H,1H3,(H,23,25,27)/t14-/m0/s1.